The Hall–Kier alpha value is -3.18. The van der Waals surface area contributed by atoms with Gasteiger partial charge in [-0.2, -0.15) is 0 Å². The Morgan fingerprint density at radius 2 is 1.78 bits per heavy atom. The molecule has 27 heavy (non-hydrogen) atoms. The van der Waals surface area contributed by atoms with Crippen LogP contribution in [0.4, 0.5) is 5.13 Å². The van der Waals surface area contributed by atoms with E-state index in [9.17, 15) is 4.79 Å². The molecule has 4 aromatic rings. The lowest BCUT2D eigenvalue weighted by molar-refractivity contribution is 0.102. The molecule has 0 bridgehead atoms. The number of aryl methyl sites for hydroxylation is 2. The molecule has 0 saturated carbocycles. The lowest BCUT2D eigenvalue weighted by atomic mass is 10.1. The van der Waals surface area contributed by atoms with Crippen molar-refractivity contribution in [2.75, 3.05) is 5.32 Å². The molecule has 0 spiro atoms. The van der Waals surface area contributed by atoms with Crippen LogP contribution >= 0.6 is 11.3 Å². The summed E-state index contributed by atoms with van der Waals surface area (Å²) in [6.07, 6.45) is 0. The van der Waals surface area contributed by atoms with E-state index >= 15 is 0 Å². The average molecular weight is 374 g/mol. The van der Waals surface area contributed by atoms with Crippen LogP contribution in [0.25, 0.3) is 10.2 Å². The summed E-state index contributed by atoms with van der Waals surface area (Å²) in [6.45, 7) is 3.90. The first kappa shape index (κ1) is 17.2. The highest BCUT2D eigenvalue weighted by Gasteiger charge is 2.13. The summed E-state index contributed by atoms with van der Waals surface area (Å²) in [6, 6.07) is 21.2. The zero-order valence-electron chi connectivity index (χ0n) is 15.0. The van der Waals surface area contributed by atoms with E-state index in [0.717, 1.165) is 32.8 Å². The van der Waals surface area contributed by atoms with Crippen molar-refractivity contribution in [1.29, 1.82) is 0 Å². The van der Waals surface area contributed by atoms with Gasteiger partial charge in [0.2, 0.25) is 0 Å². The topological polar surface area (TPSA) is 51.2 Å². The summed E-state index contributed by atoms with van der Waals surface area (Å²) in [5, 5.41) is 3.49. The van der Waals surface area contributed by atoms with Crippen LogP contribution in [-0.4, -0.2) is 10.9 Å². The number of benzene rings is 3. The number of hydrogen-bond acceptors (Lipinski definition) is 4. The van der Waals surface area contributed by atoms with Crippen molar-refractivity contribution >= 4 is 32.6 Å². The molecular weight excluding hydrogens is 356 g/mol. The zero-order valence-corrected chi connectivity index (χ0v) is 15.8. The van der Waals surface area contributed by atoms with E-state index in [4.69, 9.17) is 4.74 Å². The fraction of sp³-hybridized carbons (Fsp3) is 0.0909. The summed E-state index contributed by atoms with van der Waals surface area (Å²) in [5.74, 6) is 1.38. The fourth-order valence-corrected chi connectivity index (χ4v) is 3.68. The van der Waals surface area contributed by atoms with Gasteiger partial charge in [0.15, 0.2) is 5.13 Å². The monoisotopic (exact) mass is 374 g/mol. The number of carbonyl (C=O) groups excluding carboxylic acids is 1. The molecule has 4 rings (SSSR count). The maximum absolute atomic E-state index is 12.6. The van der Waals surface area contributed by atoms with Gasteiger partial charge in [-0.05, 0) is 49.7 Å². The molecule has 0 aliphatic rings. The molecule has 5 heteroatoms. The summed E-state index contributed by atoms with van der Waals surface area (Å²) < 4.78 is 6.82. The number of nitrogens with one attached hydrogen (secondary N) is 1. The minimum atomic E-state index is -0.143. The number of thiazole rings is 1. The molecule has 0 aliphatic heterocycles. The van der Waals surface area contributed by atoms with Gasteiger partial charge >= 0.3 is 0 Å². The van der Waals surface area contributed by atoms with E-state index in [-0.39, 0.29) is 5.91 Å². The predicted octanol–water partition coefficient (Wildman–Crippen LogP) is 5.96. The highest BCUT2D eigenvalue weighted by molar-refractivity contribution is 7.22. The van der Waals surface area contributed by atoms with Crippen molar-refractivity contribution in [3.8, 4) is 11.5 Å². The van der Waals surface area contributed by atoms with E-state index in [0.29, 0.717) is 10.7 Å². The Bertz CT molecular complexity index is 1120. The highest BCUT2D eigenvalue weighted by atomic mass is 32.1. The molecule has 4 nitrogen and oxygen atoms in total. The minimum absolute atomic E-state index is 0.143. The predicted molar refractivity (Wildman–Crippen MR) is 110 cm³/mol. The smallest absolute Gasteiger partial charge is 0.257 e. The first-order chi connectivity index (χ1) is 13.1. The van der Waals surface area contributed by atoms with Crippen LogP contribution in [-0.2, 0) is 0 Å². The van der Waals surface area contributed by atoms with Gasteiger partial charge in [0.1, 0.15) is 11.5 Å². The van der Waals surface area contributed by atoms with E-state index in [1.54, 1.807) is 0 Å². The first-order valence-corrected chi connectivity index (χ1v) is 9.42. The second-order valence-corrected chi connectivity index (χ2v) is 7.37. The zero-order chi connectivity index (χ0) is 18.8. The van der Waals surface area contributed by atoms with Crippen molar-refractivity contribution < 1.29 is 9.53 Å². The summed E-state index contributed by atoms with van der Waals surface area (Å²) in [5.41, 5.74) is 3.49. The van der Waals surface area contributed by atoms with Crippen molar-refractivity contribution in [1.82, 2.24) is 4.98 Å². The number of para-hydroxylation sites is 1. The van der Waals surface area contributed by atoms with Gasteiger partial charge in [0.25, 0.3) is 5.91 Å². The van der Waals surface area contributed by atoms with Crippen molar-refractivity contribution in [3.63, 3.8) is 0 Å². The average Bonchev–Trinajstić information content (AvgIpc) is 3.06. The summed E-state index contributed by atoms with van der Waals surface area (Å²) in [7, 11) is 0. The molecule has 3 aromatic carbocycles. The Labute approximate surface area is 161 Å². The Morgan fingerprint density at radius 3 is 2.59 bits per heavy atom. The number of hydrogen-bond donors (Lipinski definition) is 1. The quantitative estimate of drug-likeness (QED) is 0.480. The molecular formula is C22H18N2O2S. The molecule has 1 heterocycles. The van der Waals surface area contributed by atoms with Gasteiger partial charge in [-0.25, -0.2) is 4.98 Å². The van der Waals surface area contributed by atoms with Crippen LogP contribution in [0.5, 0.6) is 11.5 Å². The summed E-state index contributed by atoms with van der Waals surface area (Å²) in [4.78, 5) is 17.1. The van der Waals surface area contributed by atoms with Crippen LogP contribution in [0.2, 0.25) is 0 Å². The van der Waals surface area contributed by atoms with Gasteiger partial charge < -0.3 is 4.74 Å². The first-order valence-electron chi connectivity index (χ1n) is 8.60. The number of rotatable bonds is 4. The number of carbonyl (C=O) groups is 1. The van der Waals surface area contributed by atoms with Crippen LogP contribution in [0.1, 0.15) is 21.5 Å². The normalized spacial score (nSPS) is 10.7. The van der Waals surface area contributed by atoms with Crippen LogP contribution in [0.3, 0.4) is 0 Å². The van der Waals surface area contributed by atoms with Crippen molar-refractivity contribution in [2.45, 2.75) is 13.8 Å². The molecule has 1 amide bonds. The van der Waals surface area contributed by atoms with Crippen LogP contribution in [0.15, 0.2) is 66.7 Å². The van der Waals surface area contributed by atoms with E-state index < -0.39 is 0 Å². The molecule has 1 aromatic heterocycles. The van der Waals surface area contributed by atoms with Gasteiger partial charge in [0, 0.05) is 11.6 Å². The maximum Gasteiger partial charge on any atom is 0.257 e. The Balaban J connectivity index is 1.56. The number of fused-ring (bicyclic) bond motifs is 1. The van der Waals surface area contributed by atoms with Gasteiger partial charge in [-0.15, -0.1) is 0 Å². The second kappa shape index (κ2) is 7.21. The molecule has 0 unspecified atom stereocenters. The number of ether oxygens (including phenoxy) is 1. The molecule has 0 aliphatic carbocycles. The van der Waals surface area contributed by atoms with E-state index in [1.807, 2.05) is 80.6 Å². The van der Waals surface area contributed by atoms with Crippen LogP contribution < -0.4 is 10.1 Å². The largest absolute Gasteiger partial charge is 0.457 e. The molecule has 0 atom stereocenters. The second-order valence-electron chi connectivity index (χ2n) is 6.34. The van der Waals surface area contributed by atoms with Crippen LogP contribution in [0, 0.1) is 13.8 Å². The third-order valence-corrected chi connectivity index (χ3v) is 5.13. The third-order valence-electron chi connectivity index (χ3n) is 4.20. The Morgan fingerprint density at radius 1 is 0.963 bits per heavy atom. The molecule has 0 saturated heterocycles. The Kier molecular flexibility index (Phi) is 4.60. The lowest BCUT2D eigenvalue weighted by Crippen LogP contribution is -2.13. The standard InChI is InChI=1S/C22H18N2O2S/c1-14-8-9-15(2)18(12-14)21(25)24-22-23-19-11-10-17(13-20(19)27-22)26-16-6-4-3-5-7-16/h3-13H,1-2H3,(H,23,24,25). The fourth-order valence-electron chi connectivity index (χ4n) is 2.79. The van der Waals surface area contributed by atoms with E-state index in [1.165, 1.54) is 11.3 Å². The van der Waals surface area contributed by atoms with E-state index in [2.05, 4.69) is 10.3 Å². The molecule has 0 fully saturated rings. The van der Waals surface area contributed by atoms with Gasteiger partial charge in [0.05, 0.1) is 10.2 Å². The summed E-state index contributed by atoms with van der Waals surface area (Å²) >= 11 is 1.43. The molecule has 0 radical (unpaired) electrons. The van der Waals surface area contributed by atoms with Crippen molar-refractivity contribution in [2.24, 2.45) is 0 Å². The maximum atomic E-state index is 12.6. The van der Waals surface area contributed by atoms with Gasteiger partial charge in [-0.3, -0.25) is 10.1 Å². The highest BCUT2D eigenvalue weighted by Crippen LogP contribution is 2.31. The third kappa shape index (κ3) is 3.83. The molecule has 1 N–H and O–H groups in total. The van der Waals surface area contributed by atoms with Gasteiger partial charge in [-0.1, -0.05) is 47.2 Å². The number of aromatic nitrogens is 1. The van der Waals surface area contributed by atoms with Crippen molar-refractivity contribution in [3.05, 3.63) is 83.4 Å². The lowest BCUT2D eigenvalue weighted by Gasteiger charge is -2.06. The SMILES string of the molecule is Cc1ccc(C)c(C(=O)Nc2nc3ccc(Oc4ccccc4)cc3s2)c1. The number of nitrogens with zero attached hydrogens (tertiary/aromatic N) is 1. The number of amides is 1. The number of anilines is 1. The minimum Gasteiger partial charge on any atom is -0.457 e. The molecule has 134 valence electrons.